The first kappa shape index (κ1) is 23.3. The molecular weight excluding hydrogens is 476 g/mol. The Morgan fingerprint density at radius 2 is 1.94 bits per heavy atom. The summed E-state index contributed by atoms with van der Waals surface area (Å²) < 4.78 is 17.0. The quantitative estimate of drug-likeness (QED) is 0.483. The Kier molecular flexibility index (Phi) is 7.15. The van der Waals surface area contributed by atoms with Gasteiger partial charge in [-0.3, -0.25) is 4.79 Å². The zero-order chi connectivity index (χ0) is 23.3. The molecule has 0 bridgehead atoms. The molecule has 0 aliphatic heterocycles. The number of nitriles is 1. The molecule has 166 valence electrons. The number of carbonyl (C=O) groups excluding carboxylic acids is 1. The molecule has 2 aromatic carbocycles. The summed E-state index contributed by atoms with van der Waals surface area (Å²) in [4.78, 5) is 16.8. The molecule has 1 heterocycles. The monoisotopic (exact) mass is 498 g/mol. The third-order valence-corrected chi connectivity index (χ3v) is 4.87. The van der Waals surface area contributed by atoms with Crippen LogP contribution in [0.2, 0.25) is 0 Å². The maximum Gasteiger partial charge on any atom is 0.262 e. The van der Waals surface area contributed by atoms with Gasteiger partial charge in [0.05, 0.1) is 22.7 Å². The smallest absolute Gasteiger partial charge is 0.262 e. The Labute approximate surface area is 194 Å². The van der Waals surface area contributed by atoms with Gasteiger partial charge >= 0.3 is 0 Å². The number of nitrogens with zero attached hydrogens (tertiary/aromatic N) is 3. The van der Waals surface area contributed by atoms with Crippen molar-refractivity contribution in [3.63, 3.8) is 0 Å². The average molecular weight is 499 g/mol. The molecule has 3 rings (SSSR count). The van der Waals surface area contributed by atoms with E-state index in [4.69, 9.17) is 19.3 Å². The summed E-state index contributed by atoms with van der Waals surface area (Å²) in [5, 5.41) is 15.9. The molecule has 3 aromatic rings. The molecule has 0 aliphatic carbocycles. The van der Waals surface area contributed by atoms with Gasteiger partial charge in [-0.15, -0.1) is 0 Å². The Morgan fingerprint density at radius 3 is 2.53 bits per heavy atom. The molecule has 8 nitrogen and oxygen atoms in total. The minimum absolute atomic E-state index is 0.230. The normalized spacial score (nSPS) is 11.0. The van der Waals surface area contributed by atoms with E-state index in [1.165, 1.54) is 0 Å². The van der Waals surface area contributed by atoms with E-state index >= 15 is 0 Å². The maximum atomic E-state index is 12.4. The van der Waals surface area contributed by atoms with Gasteiger partial charge in [0, 0.05) is 22.7 Å². The maximum absolute atomic E-state index is 12.4. The van der Waals surface area contributed by atoms with E-state index in [0.29, 0.717) is 45.5 Å². The molecule has 0 aliphatic rings. The average Bonchev–Trinajstić information content (AvgIpc) is 3.24. The lowest BCUT2D eigenvalue weighted by atomic mass is 9.97. The van der Waals surface area contributed by atoms with Crippen LogP contribution in [0.4, 0.5) is 5.69 Å². The van der Waals surface area contributed by atoms with Crippen LogP contribution in [-0.2, 0) is 10.2 Å². The highest BCUT2D eigenvalue weighted by Gasteiger charge is 2.22. The molecule has 0 spiro atoms. The number of ether oxygens (including phenoxy) is 2. The van der Waals surface area contributed by atoms with Crippen LogP contribution in [0.5, 0.6) is 11.5 Å². The second-order valence-electron chi connectivity index (χ2n) is 7.92. The largest absolute Gasteiger partial charge is 0.490 e. The molecule has 1 N–H and O–H groups in total. The molecule has 0 atom stereocenters. The minimum atomic E-state index is -0.342. The third kappa shape index (κ3) is 5.65. The highest BCUT2D eigenvalue weighted by atomic mass is 79.9. The number of rotatable bonds is 7. The van der Waals surface area contributed by atoms with Gasteiger partial charge in [0.2, 0.25) is 11.7 Å². The minimum Gasteiger partial charge on any atom is -0.490 e. The van der Waals surface area contributed by atoms with E-state index in [2.05, 4.69) is 37.5 Å². The predicted octanol–water partition coefficient (Wildman–Crippen LogP) is 5.08. The van der Waals surface area contributed by atoms with Crippen molar-refractivity contribution < 1.29 is 18.8 Å². The Hall–Kier alpha value is -3.38. The Morgan fingerprint density at radius 1 is 1.22 bits per heavy atom. The summed E-state index contributed by atoms with van der Waals surface area (Å²) in [7, 11) is 0. The number of benzene rings is 2. The van der Waals surface area contributed by atoms with Crippen LogP contribution in [0.15, 0.2) is 45.4 Å². The topological polar surface area (TPSA) is 110 Å². The van der Waals surface area contributed by atoms with Crippen molar-refractivity contribution in [2.24, 2.45) is 0 Å². The molecule has 1 amide bonds. The van der Waals surface area contributed by atoms with Gasteiger partial charge in [0.1, 0.15) is 0 Å². The number of nitrogens with one attached hydrogen (secondary N) is 1. The van der Waals surface area contributed by atoms with Crippen molar-refractivity contribution in [1.29, 1.82) is 5.26 Å². The summed E-state index contributed by atoms with van der Waals surface area (Å²) in [5.74, 6) is 1.46. The van der Waals surface area contributed by atoms with E-state index in [1.807, 2.05) is 27.7 Å². The predicted molar refractivity (Wildman–Crippen MR) is 123 cm³/mol. The summed E-state index contributed by atoms with van der Waals surface area (Å²) >= 11 is 3.36. The van der Waals surface area contributed by atoms with E-state index in [-0.39, 0.29) is 17.9 Å². The van der Waals surface area contributed by atoms with Gasteiger partial charge in [-0.25, -0.2) is 0 Å². The van der Waals surface area contributed by atoms with Gasteiger partial charge in [-0.2, -0.15) is 10.2 Å². The second kappa shape index (κ2) is 9.83. The van der Waals surface area contributed by atoms with Gasteiger partial charge in [-0.05, 0) is 53.2 Å². The number of anilines is 1. The van der Waals surface area contributed by atoms with Crippen molar-refractivity contribution in [2.75, 3.05) is 18.5 Å². The zero-order valence-electron chi connectivity index (χ0n) is 18.2. The molecule has 0 saturated heterocycles. The van der Waals surface area contributed by atoms with Gasteiger partial charge in [-0.1, -0.05) is 25.9 Å². The number of aromatic nitrogens is 2. The third-order valence-electron chi connectivity index (χ3n) is 4.28. The summed E-state index contributed by atoms with van der Waals surface area (Å²) in [6, 6.07) is 12.4. The van der Waals surface area contributed by atoms with Crippen molar-refractivity contribution in [3.05, 3.63) is 52.3 Å². The van der Waals surface area contributed by atoms with Crippen LogP contribution in [-0.4, -0.2) is 29.3 Å². The lowest BCUT2D eigenvalue weighted by molar-refractivity contribution is -0.118. The fourth-order valence-electron chi connectivity index (χ4n) is 2.72. The van der Waals surface area contributed by atoms with Crippen molar-refractivity contribution >= 4 is 27.5 Å². The van der Waals surface area contributed by atoms with E-state index in [9.17, 15) is 4.79 Å². The summed E-state index contributed by atoms with van der Waals surface area (Å²) in [6.45, 7) is 7.99. The number of halogens is 1. The van der Waals surface area contributed by atoms with Gasteiger partial charge < -0.3 is 19.3 Å². The lowest BCUT2D eigenvalue weighted by Gasteiger charge is -2.14. The van der Waals surface area contributed by atoms with Gasteiger partial charge in [0.25, 0.3) is 5.91 Å². The standard InChI is InChI=1S/C23H23BrN4O4/c1-5-30-18-11-14(12-25)10-17(24)20(18)31-13-19(29)26-16-8-6-15(7-9-16)21-27-22(32-28-21)23(2,3)4/h6-11H,5,13H2,1-4H3,(H,26,29). The van der Waals surface area contributed by atoms with Crippen LogP contribution in [0, 0.1) is 11.3 Å². The number of amides is 1. The van der Waals surface area contributed by atoms with Crippen LogP contribution in [0.3, 0.4) is 0 Å². The van der Waals surface area contributed by atoms with Crippen LogP contribution in [0.25, 0.3) is 11.4 Å². The molecule has 0 radical (unpaired) electrons. The summed E-state index contributed by atoms with van der Waals surface area (Å²) in [5.41, 5.74) is 1.58. The Balaban J connectivity index is 1.64. The first-order chi connectivity index (χ1) is 15.2. The zero-order valence-corrected chi connectivity index (χ0v) is 19.8. The molecule has 1 aromatic heterocycles. The van der Waals surface area contributed by atoms with E-state index in [0.717, 1.165) is 5.56 Å². The van der Waals surface area contributed by atoms with E-state index in [1.54, 1.807) is 36.4 Å². The molecule has 0 fully saturated rings. The fourth-order valence-corrected chi connectivity index (χ4v) is 3.27. The van der Waals surface area contributed by atoms with Crippen molar-refractivity contribution in [3.8, 4) is 29.0 Å². The molecule has 0 saturated carbocycles. The molecule has 9 heteroatoms. The second-order valence-corrected chi connectivity index (χ2v) is 8.77. The number of carbonyl (C=O) groups is 1. The van der Waals surface area contributed by atoms with Crippen LogP contribution < -0.4 is 14.8 Å². The first-order valence-electron chi connectivity index (χ1n) is 9.95. The van der Waals surface area contributed by atoms with E-state index < -0.39 is 0 Å². The highest BCUT2D eigenvalue weighted by molar-refractivity contribution is 9.10. The lowest BCUT2D eigenvalue weighted by Crippen LogP contribution is -2.20. The fraction of sp³-hybridized carbons (Fsp3) is 0.304. The molecule has 0 unspecified atom stereocenters. The highest BCUT2D eigenvalue weighted by Crippen LogP contribution is 2.36. The summed E-state index contributed by atoms with van der Waals surface area (Å²) in [6.07, 6.45) is 0. The first-order valence-corrected chi connectivity index (χ1v) is 10.7. The van der Waals surface area contributed by atoms with Gasteiger partial charge in [0.15, 0.2) is 18.1 Å². The Bertz CT molecular complexity index is 1140. The molecule has 32 heavy (non-hydrogen) atoms. The SMILES string of the molecule is CCOc1cc(C#N)cc(Br)c1OCC(=O)Nc1ccc(-c2noc(C(C)(C)C)n2)cc1. The van der Waals surface area contributed by atoms with Crippen molar-refractivity contribution in [2.45, 2.75) is 33.1 Å². The van der Waals surface area contributed by atoms with Crippen molar-refractivity contribution in [1.82, 2.24) is 10.1 Å². The number of hydrogen-bond donors (Lipinski definition) is 1. The number of hydrogen-bond acceptors (Lipinski definition) is 7. The molecular formula is C23H23BrN4O4. The van der Waals surface area contributed by atoms with Crippen LogP contribution >= 0.6 is 15.9 Å². The van der Waals surface area contributed by atoms with Crippen LogP contribution in [0.1, 0.15) is 39.1 Å².